The van der Waals surface area contributed by atoms with Crippen LogP contribution in [0.1, 0.15) is 15.9 Å². The zero-order valence-electron chi connectivity index (χ0n) is 16.6. The second-order valence-corrected chi connectivity index (χ2v) is 6.97. The Morgan fingerprint density at radius 2 is 1.73 bits per heavy atom. The van der Waals surface area contributed by atoms with Crippen LogP contribution in [0.3, 0.4) is 0 Å². The zero-order chi connectivity index (χ0) is 21.5. The number of carbonyl (C=O) groups is 2. The minimum absolute atomic E-state index is 0.168. The smallest absolute Gasteiger partial charge is 0.262 e. The van der Waals surface area contributed by atoms with Gasteiger partial charge in [-0.1, -0.05) is 23.7 Å². The summed E-state index contributed by atoms with van der Waals surface area (Å²) in [4.78, 5) is 24.5. The molecule has 0 unspecified atom stereocenters. The molecule has 0 aliphatic heterocycles. The molecule has 0 saturated carbocycles. The SMILES string of the molecule is COc1ccc(C)cc1NC(=O)c1ccc(OCC(=O)Nc2cccc(Cl)c2)cc1. The van der Waals surface area contributed by atoms with Crippen LogP contribution in [0.5, 0.6) is 11.5 Å². The molecule has 0 atom stereocenters. The molecule has 0 saturated heterocycles. The number of ether oxygens (including phenoxy) is 2. The summed E-state index contributed by atoms with van der Waals surface area (Å²) in [6.45, 7) is 1.77. The third-order valence-electron chi connectivity index (χ3n) is 4.20. The van der Waals surface area contributed by atoms with E-state index in [2.05, 4.69) is 10.6 Å². The van der Waals surface area contributed by atoms with Crippen LogP contribution in [0.4, 0.5) is 11.4 Å². The van der Waals surface area contributed by atoms with Crippen molar-refractivity contribution in [1.29, 1.82) is 0 Å². The van der Waals surface area contributed by atoms with Crippen LogP contribution in [0.2, 0.25) is 5.02 Å². The maximum atomic E-state index is 12.5. The summed E-state index contributed by atoms with van der Waals surface area (Å²) in [5.41, 5.74) is 2.65. The van der Waals surface area contributed by atoms with E-state index in [4.69, 9.17) is 21.1 Å². The average molecular weight is 425 g/mol. The van der Waals surface area contributed by atoms with Crippen molar-refractivity contribution in [2.45, 2.75) is 6.92 Å². The monoisotopic (exact) mass is 424 g/mol. The van der Waals surface area contributed by atoms with Crippen LogP contribution in [0.25, 0.3) is 0 Å². The summed E-state index contributed by atoms with van der Waals surface area (Å²) < 4.78 is 10.8. The van der Waals surface area contributed by atoms with Gasteiger partial charge in [-0.25, -0.2) is 0 Å². The number of amides is 2. The summed E-state index contributed by atoms with van der Waals surface area (Å²) in [6, 6.07) is 18.9. The van der Waals surface area contributed by atoms with Gasteiger partial charge < -0.3 is 20.1 Å². The van der Waals surface area contributed by atoms with Gasteiger partial charge in [0.05, 0.1) is 12.8 Å². The second kappa shape index (κ2) is 9.80. The molecule has 0 radical (unpaired) electrons. The van der Waals surface area contributed by atoms with Crippen LogP contribution in [-0.2, 0) is 4.79 Å². The van der Waals surface area contributed by atoms with E-state index in [-0.39, 0.29) is 18.4 Å². The van der Waals surface area contributed by atoms with Crippen molar-refractivity contribution in [1.82, 2.24) is 0 Å². The van der Waals surface area contributed by atoms with Crippen molar-refractivity contribution >= 4 is 34.8 Å². The molecule has 3 rings (SSSR count). The van der Waals surface area contributed by atoms with Crippen molar-refractivity contribution in [2.24, 2.45) is 0 Å². The lowest BCUT2D eigenvalue weighted by Gasteiger charge is -2.11. The molecular formula is C23H21ClN2O4. The maximum Gasteiger partial charge on any atom is 0.262 e. The molecule has 30 heavy (non-hydrogen) atoms. The Morgan fingerprint density at radius 3 is 2.43 bits per heavy atom. The second-order valence-electron chi connectivity index (χ2n) is 6.53. The van der Waals surface area contributed by atoms with E-state index in [1.54, 1.807) is 61.7 Å². The van der Waals surface area contributed by atoms with Gasteiger partial charge in [0.1, 0.15) is 11.5 Å². The number of aryl methyl sites for hydroxylation is 1. The van der Waals surface area contributed by atoms with Gasteiger partial charge in [0.15, 0.2) is 6.61 Å². The molecule has 0 aliphatic rings. The lowest BCUT2D eigenvalue weighted by molar-refractivity contribution is -0.118. The Labute approximate surface area is 179 Å². The standard InChI is InChI=1S/C23H21ClN2O4/c1-15-6-11-21(29-2)20(12-15)26-23(28)16-7-9-19(10-8-16)30-14-22(27)25-18-5-3-4-17(24)13-18/h3-13H,14H2,1-2H3,(H,25,27)(H,26,28). The minimum atomic E-state index is -0.314. The summed E-state index contributed by atoms with van der Waals surface area (Å²) in [7, 11) is 1.55. The number of methoxy groups -OCH3 is 1. The van der Waals surface area contributed by atoms with Crippen LogP contribution in [0, 0.1) is 6.92 Å². The lowest BCUT2D eigenvalue weighted by Crippen LogP contribution is -2.20. The number of rotatable bonds is 7. The quantitative estimate of drug-likeness (QED) is 0.564. The highest BCUT2D eigenvalue weighted by Gasteiger charge is 2.11. The Hall–Kier alpha value is -3.51. The van der Waals surface area contributed by atoms with Crippen molar-refractivity contribution in [3.63, 3.8) is 0 Å². The summed E-state index contributed by atoms with van der Waals surface area (Å²) >= 11 is 5.90. The first-order valence-corrected chi connectivity index (χ1v) is 9.56. The molecule has 0 aliphatic carbocycles. The number of anilines is 2. The molecule has 0 bridgehead atoms. The van der Waals surface area contributed by atoms with Crippen molar-refractivity contribution in [2.75, 3.05) is 24.4 Å². The van der Waals surface area contributed by atoms with E-state index in [1.165, 1.54) is 0 Å². The Balaban J connectivity index is 1.56. The Morgan fingerprint density at radius 1 is 0.967 bits per heavy atom. The molecule has 2 N–H and O–H groups in total. The van der Waals surface area contributed by atoms with E-state index in [0.29, 0.717) is 33.5 Å². The minimum Gasteiger partial charge on any atom is -0.495 e. The van der Waals surface area contributed by atoms with Crippen LogP contribution >= 0.6 is 11.6 Å². The molecule has 2 amide bonds. The van der Waals surface area contributed by atoms with Crippen LogP contribution in [-0.4, -0.2) is 25.5 Å². The molecule has 154 valence electrons. The normalized spacial score (nSPS) is 10.2. The molecule has 0 heterocycles. The molecule has 3 aromatic carbocycles. The topological polar surface area (TPSA) is 76.7 Å². The number of nitrogens with one attached hydrogen (secondary N) is 2. The molecule has 0 fully saturated rings. The first kappa shape index (κ1) is 21.2. The maximum absolute atomic E-state index is 12.5. The Bertz CT molecular complexity index is 1050. The lowest BCUT2D eigenvalue weighted by atomic mass is 10.1. The third-order valence-corrected chi connectivity index (χ3v) is 4.43. The van der Waals surface area contributed by atoms with Gasteiger partial charge in [-0.15, -0.1) is 0 Å². The van der Waals surface area contributed by atoms with Crippen LogP contribution < -0.4 is 20.1 Å². The fraction of sp³-hybridized carbons (Fsp3) is 0.130. The van der Waals surface area contributed by atoms with E-state index in [9.17, 15) is 9.59 Å². The van der Waals surface area contributed by atoms with E-state index < -0.39 is 0 Å². The number of hydrogen-bond acceptors (Lipinski definition) is 4. The van der Waals surface area contributed by atoms with Gasteiger partial charge in [0.2, 0.25) is 0 Å². The first-order chi connectivity index (χ1) is 14.4. The highest BCUT2D eigenvalue weighted by molar-refractivity contribution is 6.30. The summed E-state index contributed by atoms with van der Waals surface area (Å²) in [5.74, 6) is 0.468. The summed E-state index contributed by atoms with van der Waals surface area (Å²) in [6.07, 6.45) is 0. The van der Waals surface area contributed by atoms with E-state index in [0.717, 1.165) is 5.56 Å². The third kappa shape index (κ3) is 5.75. The predicted molar refractivity (Wildman–Crippen MR) is 118 cm³/mol. The molecule has 3 aromatic rings. The fourth-order valence-corrected chi connectivity index (χ4v) is 2.92. The van der Waals surface area contributed by atoms with Gasteiger partial charge in [-0.05, 0) is 67.1 Å². The predicted octanol–water partition coefficient (Wildman–Crippen LogP) is 4.93. The average Bonchev–Trinajstić information content (AvgIpc) is 2.73. The number of benzene rings is 3. The highest BCUT2D eigenvalue weighted by Crippen LogP contribution is 2.26. The summed E-state index contributed by atoms with van der Waals surface area (Å²) in [5, 5.41) is 6.07. The number of halogens is 1. The molecule has 0 aromatic heterocycles. The number of hydrogen-bond donors (Lipinski definition) is 2. The highest BCUT2D eigenvalue weighted by atomic mass is 35.5. The van der Waals surface area contributed by atoms with Crippen molar-refractivity contribution in [3.05, 3.63) is 82.9 Å². The van der Waals surface area contributed by atoms with Gasteiger partial charge in [-0.2, -0.15) is 0 Å². The van der Waals surface area contributed by atoms with Crippen LogP contribution in [0.15, 0.2) is 66.7 Å². The van der Waals surface area contributed by atoms with Gasteiger partial charge in [0.25, 0.3) is 11.8 Å². The first-order valence-electron chi connectivity index (χ1n) is 9.19. The van der Waals surface area contributed by atoms with Gasteiger partial charge >= 0.3 is 0 Å². The molecule has 7 heteroatoms. The largest absolute Gasteiger partial charge is 0.495 e. The molecular weight excluding hydrogens is 404 g/mol. The Kier molecular flexibility index (Phi) is 6.93. The van der Waals surface area contributed by atoms with Crippen molar-refractivity contribution in [3.8, 4) is 11.5 Å². The molecule has 0 spiro atoms. The zero-order valence-corrected chi connectivity index (χ0v) is 17.3. The van der Waals surface area contributed by atoms with Crippen molar-refractivity contribution < 1.29 is 19.1 Å². The molecule has 6 nitrogen and oxygen atoms in total. The van der Waals surface area contributed by atoms with E-state index in [1.807, 2.05) is 19.1 Å². The van der Waals surface area contributed by atoms with Gasteiger partial charge in [-0.3, -0.25) is 9.59 Å². The fourth-order valence-electron chi connectivity index (χ4n) is 2.73. The number of carbonyl (C=O) groups excluding carboxylic acids is 2. The van der Waals surface area contributed by atoms with E-state index >= 15 is 0 Å². The van der Waals surface area contributed by atoms with Gasteiger partial charge in [0, 0.05) is 16.3 Å².